The number of thiazole rings is 1. The largest absolute Gasteiger partial charge is 0.352 e. The van der Waals surface area contributed by atoms with Crippen molar-refractivity contribution in [3.05, 3.63) is 86.0 Å². The van der Waals surface area contributed by atoms with Gasteiger partial charge in [-0.1, -0.05) is 40.2 Å². The first-order chi connectivity index (χ1) is 21.0. The normalized spacial score (nSPS) is 17.3. The smallest absolute Gasteiger partial charge is 0.242 e. The fraction of sp³-hybridized carbons (Fsp3) is 0.406. The third kappa shape index (κ3) is 10.2. The molecule has 0 unspecified atom stereocenters. The minimum absolute atomic E-state index is 0.0207. The van der Waals surface area contributed by atoms with Gasteiger partial charge in [0.2, 0.25) is 23.6 Å². The summed E-state index contributed by atoms with van der Waals surface area (Å²) in [6, 6.07) is 13.3. The zero-order valence-corrected chi connectivity index (χ0v) is 27.3. The number of benzene rings is 2. The van der Waals surface area contributed by atoms with Gasteiger partial charge in [-0.25, -0.2) is 9.37 Å². The molecule has 12 heteroatoms. The van der Waals surface area contributed by atoms with Crippen LogP contribution in [-0.2, 0) is 38.4 Å². The van der Waals surface area contributed by atoms with E-state index in [1.54, 1.807) is 19.1 Å². The molecule has 1 N–H and O–H groups in total. The molecule has 44 heavy (non-hydrogen) atoms. The Morgan fingerprint density at radius 1 is 0.864 bits per heavy atom. The van der Waals surface area contributed by atoms with Gasteiger partial charge in [-0.15, -0.1) is 11.3 Å². The quantitative estimate of drug-likeness (QED) is 0.370. The van der Waals surface area contributed by atoms with E-state index < -0.39 is 6.04 Å². The third-order valence-electron chi connectivity index (χ3n) is 7.38. The molecule has 2 aromatic carbocycles. The van der Waals surface area contributed by atoms with Gasteiger partial charge in [0.1, 0.15) is 5.82 Å². The molecule has 0 spiro atoms. The van der Waals surface area contributed by atoms with Crippen molar-refractivity contribution in [1.29, 1.82) is 0 Å². The second kappa shape index (κ2) is 15.9. The van der Waals surface area contributed by atoms with Gasteiger partial charge >= 0.3 is 0 Å². The van der Waals surface area contributed by atoms with E-state index in [1.165, 1.54) is 38.2 Å². The Morgan fingerprint density at radius 2 is 1.48 bits per heavy atom. The summed E-state index contributed by atoms with van der Waals surface area (Å²) in [4.78, 5) is 62.8. The lowest BCUT2D eigenvalue weighted by Crippen LogP contribution is -2.49. The van der Waals surface area contributed by atoms with E-state index in [2.05, 4.69) is 26.2 Å². The number of halogens is 2. The zero-order chi connectivity index (χ0) is 31.6. The lowest BCUT2D eigenvalue weighted by Gasteiger charge is -2.29. The van der Waals surface area contributed by atoms with Crippen molar-refractivity contribution in [2.45, 2.75) is 45.6 Å². The fourth-order valence-corrected chi connectivity index (χ4v) is 5.89. The summed E-state index contributed by atoms with van der Waals surface area (Å²) in [5.41, 5.74) is 2.51. The predicted molar refractivity (Wildman–Crippen MR) is 170 cm³/mol. The van der Waals surface area contributed by atoms with E-state index >= 15 is 0 Å². The molecular formula is C32H37BrFN5O4S. The number of hydrogen-bond acceptors (Lipinski definition) is 6. The first-order valence-electron chi connectivity index (χ1n) is 14.6. The molecule has 1 saturated heterocycles. The van der Waals surface area contributed by atoms with Gasteiger partial charge in [0.15, 0.2) is 0 Å². The van der Waals surface area contributed by atoms with Crippen LogP contribution in [0.1, 0.15) is 35.2 Å². The van der Waals surface area contributed by atoms with Crippen LogP contribution in [-0.4, -0.2) is 88.6 Å². The molecule has 0 bridgehead atoms. The first-order valence-corrected chi connectivity index (χ1v) is 16.3. The Kier molecular flexibility index (Phi) is 12.0. The highest BCUT2D eigenvalue weighted by atomic mass is 79.9. The second-order valence-corrected chi connectivity index (χ2v) is 13.0. The molecule has 1 aromatic heterocycles. The number of hydrogen-bond donors (Lipinski definition) is 1. The summed E-state index contributed by atoms with van der Waals surface area (Å²) in [5, 5.41) is 5.66. The molecule has 1 aliphatic heterocycles. The highest BCUT2D eigenvalue weighted by Gasteiger charge is 2.28. The molecule has 4 rings (SSSR count). The van der Waals surface area contributed by atoms with Gasteiger partial charge < -0.3 is 20.0 Å². The zero-order valence-electron chi connectivity index (χ0n) is 24.9. The highest BCUT2D eigenvalue weighted by molar-refractivity contribution is 9.10. The van der Waals surface area contributed by atoms with Gasteiger partial charge in [0, 0.05) is 48.4 Å². The number of rotatable bonds is 9. The van der Waals surface area contributed by atoms with E-state index in [-0.39, 0.29) is 75.1 Å². The van der Waals surface area contributed by atoms with Crippen molar-refractivity contribution in [2.24, 2.45) is 0 Å². The van der Waals surface area contributed by atoms with E-state index in [0.29, 0.717) is 24.8 Å². The Balaban J connectivity index is 1.56. The van der Waals surface area contributed by atoms with Gasteiger partial charge in [0.25, 0.3) is 0 Å². The van der Waals surface area contributed by atoms with Crippen molar-refractivity contribution in [3.63, 3.8) is 0 Å². The Morgan fingerprint density at radius 3 is 2.11 bits per heavy atom. The van der Waals surface area contributed by atoms with Crippen molar-refractivity contribution >= 4 is 50.9 Å². The summed E-state index contributed by atoms with van der Waals surface area (Å²) in [6.45, 7) is 3.65. The van der Waals surface area contributed by atoms with Gasteiger partial charge in [-0.2, -0.15) is 0 Å². The van der Waals surface area contributed by atoms with E-state index in [0.717, 1.165) is 20.7 Å². The highest BCUT2D eigenvalue weighted by Crippen LogP contribution is 2.14. The van der Waals surface area contributed by atoms with Gasteiger partial charge in [-0.3, -0.25) is 19.2 Å². The average molecular weight is 687 g/mol. The molecule has 234 valence electrons. The van der Waals surface area contributed by atoms with Gasteiger partial charge in [-0.05, 0) is 62.1 Å². The van der Waals surface area contributed by atoms with Crippen molar-refractivity contribution in [1.82, 2.24) is 25.0 Å². The van der Waals surface area contributed by atoms with Crippen molar-refractivity contribution < 1.29 is 23.6 Å². The van der Waals surface area contributed by atoms with Crippen LogP contribution in [0.15, 0.2) is 58.4 Å². The second-order valence-electron chi connectivity index (χ2n) is 11.0. The third-order valence-corrected chi connectivity index (χ3v) is 8.73. The maximum atomic E-state index is 13.8. The summed E-state index contributed by atoms with van der Waals surface area (Å²) < 4.78 is 14.7. The summed E-state index contributed by atoms with van der Waals surface area (Å²) in [6.07, 6.45) is 1.29. The summed E-state index contributed by atoms with van der Waals surface area (Å²) >= 11 is 4.94. The van der Waals surface area contributed by atoms with E-state index in [4.69, 9.17) is 0 Å². The topological polar surface area (TPSA) is 103 Å². The maximum Gasteiger partial charge on any atom is 0.242 e. The maximum absolute atomic E-state index is 13.8. The number of aryl methyl sites for hydroxylation is 1. The van der Waals surface area contributed by atoms with Gasteiger partial charge in [0.05, 0.1) is 30.3 Å². The standard InChI is InChI=1S/C32H37BrFN5O4S/c1-22-16-30(41)38(14-11-25-4-3-5-27(34)17-25)19-32(43)39(15-12-28-21-44-23(2)36-28)20-31(42)37(18-29(40)35-22)13-10-24-6-8-26(33)9-7-24/h3-9,17,21-22H,10-16,18-20H2,1-2H3,(H,35,40)/t22-/m1/s1. The Hall–Kier alpha value is -3.64. The van der Waals surface area contributed by atoms with Crippen LogP contribution in [0.4, 0.5) is 4.39 Å². The van der Waals surface area contributed by atoms with Crippen LogP contribution in [0.2, 0.25) is 0 Å². The van der Waals surface area contributed by atoms with E-state index in [1.807, 2.05) is 36.6 Å². The molecule has 1 fully saturated rings. The molecular weight excluding hydrogens is 649 g/mol. The Bertz CT molecular complexity index is 1470. The lowest BCUT2D eigenvalue weighted by atomic mass is 10.1. The molecule has 3 aromatic rings. The van der Waals surface area contributed by atoms with Crippen LogP contribution in [0.5, 0.6) is 0 Å². The first kappa shape index (κ1) is 33.3. The SMILES string of the molecule is Cc1nc(CCN2CC(=O)N(CCc3ccc(Br)cc3)CC(=O)N[C@H](C)CC(=O)N(CCc3cccc(F)c3)CC2=O)cs1. The number of carbonyl (C=O) groups excluding carboxylic acids is 4. The monoisotopic (exact) mass is 685 g/mol. The molecule has 2 heterocycles. The molecule has 1 aliphatic rings. The number of amides is 4. The van der Waals surface area contributed by atoms with Crippen LogP contribution in [0.3, 0.4) is 0 Å². The van der Waals surface area contributed by atoms with Crippen LogP contribution >= 0.6 is 27.3 Å². The van der Waals surface area contributed by atoms with Crippen LogP contribution in [0.25, 0.3) is 0 Å². The van der Waals surface area contributed by atoms with Crippen molar-refractivity contribution in [3.8, 4) is 0 Å². The number of nitrogens with zero attached hydrogens (tertiary/aromatic N) is 4. The predicted octanol–water partition coefficient (Wildman–Crippen LogP) is 3.78. The molecule has 1 atom stereocenters. The lowest BCUT2D eigenvalue weighted by molar-refractivity contribution is -0.144. The van der Waals surface area contributed by atoms with Crippen LogP contribution < -0.4 is 5.32 Å². The van der Waals surface area contributed by atoms with E-state index in [9.17, 15) is 23.6 Å². The molecule has 0 saturated carbocycles. The number of carbonyl (C=O) groups is 4. The summed E-state index contributed by atoms with van der Waals surface area (Å²) in [7, 11) is 0. The average Bonchev–Trinajstić information content (AvgIpc) is 3.40. The van der Waals surface area contributed by atoms with Crippen molar-refractivity contribution in [2.75, 3.05) is 39.3 Å². The molecule has 9 nitrogen and oxygen atoms in total. The Labute approximate surface area is 269 Å². The summed E-state index contributed by atoms with van der Waals surface area (Å²) in [5.74, 6) is -1.80. The molecule has 0 aliphatic carbocycles. The minimum atomic E-state index is -0.519. The number of nitrogens with one attached hydrogen (secondary N) is 1. The molecule has 0 radical (unpaired) electrons. The fourth-order valence-electron chi connectivity index (χ4n) is 4.98. The minimum Gasteiger partial charge on any atom is -0.352 e. The van der Waals surface area contributed by atoms with Crippen LogP contribution in [0, 0.1) is 12.7 Å². The number of aromatic nitrogens is 1. The molecule has 4 amide bonds.